The number of ether oxygens (including phenoxy) is 1. The molecule has 0 spiro atoms. The number of aromatic nitrogens is 2. The van der Waals surface area contributed by atoms with E-state index in [1.807, 2.05) is 14.0 Å². The molecule has 2 aromatic rings. The molecule has 7 heteroatoms. The molecule has 0 unspecified atom stereocenters. The van der Waals surface area contributed by atoms with E-state index in [0.717, 1.165) is 17.7 Å². The van der Waals surface area contributed by atoms with Gasteiger partial charge >= 0.3 is 0 Å². The molecule has 106 valence electrons. The molecule has 2 rings (SSSR count). The van der Waals surface area contributed by atoms with Gasteiger partial charge in [-0.25, -0.2) is 0 Å². The number of hydrogen-bond acceptors (Lipinski definition) is 3. The first-order valence-electron chi connectivity index (χ1n) is 5.69. The van der Waals surface area contributed by atoms with Crippen molar-refractivity contribution < 1.29 is 9.53 Å². The highest BCUT2D eigenvalue weighted by atomic mass is 79.9. The molecule has 1 aromatic carbocycles. The Hall–Kier alpha value is -0.850. The van der Waals surface area contributed by atoms with Gasteiger partial charge in [0.1, 0.15) is 18.6 Å². The van der Waals surface area contributed by atoms with Gasteiger partial charge in [0.05, 0.1) is 25.4 Å². The van der Waals surface area contributed by atoms with Crippen LogP contribution in [0.2, 0.25) is 5.02 Å². The van der Waals surface area contributed by atoms with Crippen LogP contribution in [0.15, 0.2) is 21.1 Å². The van der Waals surface area contributed by atoms with Gasteiger partial charge in [0.25, 0.3) is 0 Å². The fourth-order valence-electron chi connectivity index (χ4n) is 1.76. The average Bonchev–Trinajstić information content (AvgIpc) is 2.63. The number of rotatable bonds is 4. The summed E-state index contributed by atoms with van der Waals surface area (Å²) < 4.78 is 8.86. The fourth-order valence-corrected chi connectivity index (χ4v) is 3.43. The molecule has 0 N–H and O–H groups in total. The van der Waals surface area contributed by atoms with Crippen molar-refractivity contribution in [2.75, 3.05) is 0 Å². The van der Waals surface area contributed by atoms with Crippen molar-refractivity contribution in [2.45, 2.75) is 13.5 Å². The van der Waals surface area contributed by atoms with Crippen molar-refractivity contribution in [1.29, 1.82) is 0 Å². The van der Waals surface area contributed by atoms with Crippen LogP contribution in [-0.2, 0) is 13.7 Å². The van der Waals surface area contributed by atoms with Crippen LogP contribution < -0.4 is 4.74 Å². The number of benzene rings is 1. The van der Waals surface area contributed by atoms with Crippen LogP contribution in [0, 0.1) is 6.92 Å². The van der Waals surface area contributed by atoms with Crippen molar-refractivity contribution in [3.8, 4) is 5.75 Å². The zero-order chi connectivity index (χ0) is 14.9. The van der Waals surface area contributed by atoms with E-state index in [1.54, 1.807) is 16.8 Å². The minimum atomic E-state index is 0.286. The summed E-state index contributed by atoms with van der Waals surface area (Å²) in [6, 6.07) is 3.40. The smallest absolute Gasteiger partial charge is 0.150 e. The minimum Gasteiger partial charge on any atom is -0.485 e. The van der Waals surface area contributed by atoms with Gasteiger partial charge in [-0.15, -0.1) is 0 Å². The van der Waals surface area contributed by atoms with Crippen LogP contribution >= 0.6 is 43.5 Å². The standard InChI is InChI=1S/C13H11Br2ClN2O2/c1-7-12(16)11(18(2)17-7)6-20-13-9(14)3-8(5-19)4-10(13)15/h3-5H,6H2,1-2H3. The van der Waals surface area contributed by atoms with E-state index in [4.69, 9.17) is 16.3 Å². The second-order valence-electron chi connectivity index (χ2n) is 4.19. The molecular formula is C13H11Br2ClN2O2. The van der Waals surface area contributed by atoms with E-state index in [0.29, 0.717) is 25.3 Å². The lowest BCUT2D eigenvalue weighted by Gasteiger charge is -2.11. The summed E-state index contributed by atoms with van der Waals surface area (Å²) in [6.07, 6.45) is 0.778. The summed E-state index contributed by atoms with van der Waals surface area (Å²) in [5.41, 5.74) is 2.12. The summed E-state index contributed by atoms with van der Waals surface area (Å²) in [5, 5.41) is 4.83. The third kappa shape index (κ3) is 3.07. The van der Waals surface area contributed by atoms with Gasteiger partial charge in [-0.05, 0) is 50.9 Å². The molecule has 0 aliphatic carbocycles. The van der Waals surface area contributed by atoms with Gasteiger partial charge in [-0.3, -0.25) is 9.48 Å². The summed E-state index contributed by atoms with van der Waals surface area (Å²) in [5.74, 6) is 0.616. The van der Waals surface area contributed by atoms with Crippen molar-refractivity contribution >= 4 is 49.7 Å². The molecule has 1 aromatic heterocycles. The lowest BCUT2D eigenvalue weighted by Crippen LogP contribution is -2.04. The van der Waals surface area contributed by atoms with Crippen LogP contribution in [-0.4, -0.2) is 16.1 Å². The predicted molar refractivity (Wildman–Crippen MR) is 84.5 cm³/mol. The van der Waals surface area contributed by atoms with Gasteiger partial charge in [-0.1, -0.05) is 11.6 Å². The summed E-state index contributed by atoms with van der Waals surface area (Å²) in [6.45, 7) is 2.13. The zero-order valence-electron chi connectivity index (χ0n) is 10.8. The maximum Gasteiger partial charge on any atom is 0.150 e. The second-order valence-corrected chi connectivity index (χ2v) is 6.28. The third-order valence-corrected chi connectivity index (χ3v) is 4.44. The Morgan fingerprint density at radius 1 is 1.40 bits per heavy atom. The van der Waals surface area contributed by atoms with E-state index >= 15 is 0 Å². The Balaban J connectivity index is 2.25. The SMILES string of the molecule is Cc1nn(C)c(COc2c(Br)cc(C=O)cc2Br)c1Cl. The molecule has 1 heterocycles. The Morgan fingerprint density at radius 2 is 2.00 bits per heavy atom. The molecule has 0 atom stereocenters. The van der Waals surface area contributed by atoms with Crippen LogP contribution in [0.4, 0.5) is 0 Å². The van der Waals surface area contributed by atoms with Crippen LogP contribution in [0.3, 0.4) is 0 Å². The van der Waals surface area contributed by atoms with Gasteiger partial charge in [0.2, 0.25) is 0 Å². The number of carbonyl (C=O) groups is 1. The molecule has 0 aliphatic heterocycles. The highest BCUT2D eigenvalue weighted by Crippen LogP contribution is 2.35. The van der Waals surface area contributed by atoms with Crippen molar-refractivity contribution in [3.05, 3.63) is 43.1 Å². The molecular weight excluding hydrogens is 411 g/mol. The number of halogens is 3. The Labute approximate surface area is 138 Å². The molecule has 0 saturated heterocycles. The molecule has 0 saturated carbocycles. The number of carbonyl (C=O) groups excluding carboxylic acids is 1. The highest BCUT2D eigenvalue weighted by Gasteiger charge is 2.14. The normalized spacial score (nSPS) is 10.7. The maximum atomic E-state index is 10.8. The van der Waals surface area contributed by atoms with E-state index in [9.17, 15) is 4.79 Å². The zero-order valence-corrected chi connectivity index (χ0v) is 14.7. The van der Waals surface area contributed by atoms with E-state index in [-0.39, 0.29) is 6.61 Å². The molecule has 0 radical (unpaired) electrons. The summed E-state index contributed by atoms with van der Waals surface area (Å²) >= 11 is 12.9. The second kappa shape index (κ2) is 6.28. The first-order valence-corrected chi connectivity index (χ1v) is 7.65. The van der Waals surface area contributed by atoms with E-state index < -0.39 is 0 Å². The first-order chi connectivity index (χ1) is 9.43. The average molecular weight is 423 g/mol. The fraction of sp³-hybridized carbons (Fsp3) is 0.231. The maximum absolute atomic E-state index is 10.8. The van der Waals surface area contributed by atoms with Crippen LogP contribution in [0.5, 0.6) is 5.75 Å². The van der Waals surface area contributed by atoms with Gasteiger partial charge in [0, 0.05) is 12.6 Å². The molecule has 0 amide bonds. The summed E-state index contributed by atoms with van der Waals surface area (Å²) in [7, 11) is 1.82. The van der Waals surface area contributed by atoms with Gasteiger partial charge < -0.3 is 4.74 Å². The Bertz CT molecular complexity index is 648. The van der Waals surface area contributed by atoms with Crippen LogP contribution in [0.25, 0.3) is 0 Å². The van der Waals surface area contributed by atoms with E-state index in [2.05, 4.69) is 37.0 Å². The number of aldehydes is 1. The van der Waals surface area contributed by atoms with Crippen LogP contribution in [0.1, 0.15) is 21.7 Å². The van der Waals surface area contributed by atoms with E-state index in [1.165, 1.54) is 0 Å². The number of aryl methyl sites for hydroxylation is 2. The Kier molecular flexibility index (Phi) is 4.88. The lowest BCUT2D eigenvalue weighted by atomic mass is 10.2. The van der Waals surface area contributed by atoms with Gasteiger partial charge in [-0.2, -0.15) is 5.10 Å². The van der Waals surface area contributed by atoms with Crippen molar-refractivity contribution in [3.63, 3.8) is 0 Å². The largest absolute Gasteiger partial charge is 0.485 e. The molecule has 0 bridgehead atoms. The third-order valence-electron chi connectivity index (χ3n) is 2.77. The molecule has 20 heavy (non-hydrogen) atoms. The lowest BCUT2D eigenvalue weighted by molar-refractivity contribution is 0.112. The quantitative estimate of drug-likeness (QED) is 0.690. The Morgan fingerprint density at radius 3 is 2.45 bits per heavy atom. The van der Waals surface area contributed by atoms with Crippen molar-refractivity contribution in [2.24, 2.45) is 7.05 Å². The molecule has 0 aliphatic rings. The van der Waals surface area contributed by atoms with Gasteiger partial charge in [0.15, 0.2) is 0 Å². The van der Waals surface area contributed by atoms with Crippen molar-refractivity contribution in [1.82, 2.24) is 9.78 Å². The minimum absolute atomic E-state index is 0.286. The highest BCUT2D eigenvalue weighted by molar-refractivity contribution is 9.11. The number of hydrogen-bond donors (Lipinski definition) is 0. The number of nitrogens with zero attached hydrogens (tertiary/aromatic N) is 2. The first kappa shape index (κ1) is 15.5. The topological polar surface area (TPSA) is 44.1 Å². The molecule has 4 nitrogen and oxygen atoms in total. The molecule has 0 fully saturated rings. The monoisotopic (exact) mass is 420 g/mol. The predicted octanol–water partition coefficient (Wildman–Crippen LogP) is 4.30. The summed E-state index contributed by atoms with van der Waals surface area (Å²) in [4.78, 5) is 10.8.